The third kappa shape index (κ3) is 2.50. The Morgan fingerprint density at radius 2 is 2.00 bits per heavy atom. The molecule has 0 saturated heterocycles. The van der Waals surface area contributed by atoms with Gasteiger partial charge in [0, 0.05) is 17.8 Å². The molecule has 0 unspecified atom stereocenters. The number of fused-ring (bicyclic) bond motifs is 2. The molecule has 7 nitrogen and oxygen atoms in total. The number of nitrogens with one attached hydrogen (secondary N) is 1. The molecule has 1 atom stereocenters. The van der Waals surface area contributed by atoms with Crippen LogP contribution in [0.25, 0.3) is 0 Å². The summed E-state index contributed by atoms with van der Waals surface area (Å²) in [5.74, 6) is -1.83. The number of para-hydroxylation sites is 1. The number of amides is 2. The van der Waals surface area contributed by atoms with Crippen molar-refractivity contribution in [2.75, 3.05) is 23.4 Å². The van der Waals surface area contributed by atoms with E-state index in [0.29, 0.717) is 28.3 Å². The lowest BCUT2D eigenvalue weighted by Gasteiger charge is -2.21. The van der Waals surface area contributed by atoms with Crippen molar-refractivity contribution in [3.05, 3.63) is 53.6 Å². The third-order valence-corrected chi connectivity index (χ3v) is 4.37. The van der Waals surface area contributed by atoms with Crippen molar-refractivity contribution in [1.82, 2.24) is 0 Å². The highest BCUT2D eigenvalue weighted by Gasteiger charge is 2.36. The van der Waals surface area contributed by atoms with Crippen LogP contribution in [0.4, 0.5) is 11.4 Å². The topological polar surface area (TPSA) is 95.9 Å². The van der Waals surface area contributed by atoms with Crippen LogP contribution in [0, 0.1) is 0 Å². The molecule has 0 radical (unpaired) electrons. The Balaban J connectivity index is 1.68. The van der Waals surface area contributed by atoms with Gasteiger partial charge in [-0.25, -0.2) is 0 Å². The van der Waals surface area contributed by atoms with E-state index in [0.717, 1.165) is 0 Å². The number of nitrogens with zero attached hydrogens (tertiary/aromatic N) is 1. The number of hydrogen-bond donors (Lipinski definition) is 2. The second-order valence-corrected chi connectivity index (χ2v) is 5.91. The van der Waals surface area contributed by atoms with E-state index in [2.05, 4.69) is 5.32 Å². The molecule has 126 valence electrons. The molecule has 0 bridgehead atoms. The first-order chi connectivity index (χ1) is 12.0. The average molecular weight is 338 g/mol. The number of anilines is 2. The van der Waals surface area contributed by atoms with E-state index in [4.69, 9.17) is 4.74 Å². The normalized spacial score (nSPS) is 18.0. The number of rotatable bonds is 2. The quantitative estimate of drug-likeness (QED) is 0.871. The summed E-state index contributed by atoms with van der Waals surface area (Å²) in [5, 5.41) is 12.1. The lowest BCUT2D eigenvalue weighted by molar-refractivity contribution is -0.138. The molecule has 0 aliphatic carbocycles. The smallest absolute Gasteiger partial charge is 0.312 e. The van der Waals surface area contributed by atoms with Gasteiger partial charge in [-0.05, 0) is 29.8 Å². The Morgan fingerprint density at radius 3 is 2.80 bits per heavy atom. The maximum atomic E-state index is 12.9. The molecule has 2 aliphatic rings. The van der Waals surface area contributed by atoms with Crippen molar-refractivity contribution in [2.45, 2.75) is 5.92 Å². The van der Waals surface area contributed by atoms with E-state index in [1.165, 1.54) is 4.90 Å². The summed E-state index contributed by atoms with van der Waals surface area (Å²) in [7, 11) is 0. The summed E-state index contributed by atoms with van der Waals surface area (Å²) < 4.78 is 5.34. The van der Waals surface area contributed by atoms with Gasteiger partial charge in [0.15, 0.2) is 6.61 Å². The predicted octanol–water partition coefficient (Wildman–Crippen LogP) is 1.85. The fraction of sp³-hybridized carbons (Fsp3) is 0.167. The number of carboxylic acid groups (broad SMARTS) is 1. The first-order valence-electron chi connectivity index (χ1n) is 7.75. The Labute approximate surface area is 142 Å². The molecule has 4 rings (SSSR count). The molecule has 0 spiro atoms. The van der Waals surface area contributed by atoms with Crippen LogP contribution in [-0.4, -0.2) is 36.0 Å². The number of carbonyl (C=O) groups excluding carboxylic acids is 2. The number of ether oxygens (including phenoxy) is 1. The summed E-state index contributed by atoms with van der Waals surface area (Å²) in [4.78, 5) is 37.2. The molecular formula is C18H14N2O5. The molecule has 7 heteroatoms. The van der Waals surface area contributed by atoms with E-state index in [9.17, 15) is 19.5 Å². The Morgan fingerprint density at radius 1 is 1.20 bits per heavy atom. The van der Waals surface area contributed by atoms with Crippen molar-refractivity contribution < 1.29 is 24.2 Å². The Bertz CT molecular complexity index is 908. The van der Waals surface area contributed by atoms with Crippen LogP contribution in [0.2, 0.25) is 0 Å². The van der Waals surface area contributed by atoms with Crippen molar-refractivity contribution in [1.29, 1.82) is 0 Å². The SMILES string of the molecule is O=C1COc2cc(C(=O)N3C[C@H](C(=O)O)c4ccccc43)ccc2N1. The summed E-state index contributed by atoms with van der Waals surface area (Å²) >= 11 is 0. The molecule has 2 aromatic carbocycles. The highest BCUT2D eigenvalue weighted by Crippen LogP contribution is 2.38. The Kier molecular flexibility index (Phi) is 3.42. The average Bonchev–Trinajstić information content (AvgIpc) is 3.00. The van der Waals surface area contributed by atoms with Gasteiger partial charge < -0.3 is 20.1 Å². The van der Waals surface area contributed by atoms with Crippen molar-refractivity contribution in [3.8, 4) is 5.75 Å². The summed E-state index contributed by atoms with van der Waals surface area (Å²) in [6.07, 6.45) is 0. The maximum absolute atomic E-state index is 12.9. The molecule has 2 N–H and O–H groups in total. The van der Waals surface area contributed by atoms with Crippen LogP contribution in [0.15, 0.2) is 42.5 Å². The van der Waals surface area contributed by atoms with Crippen molar-refractivity contribution >= 4 is 29.2 Å². The minimum Gasteiger partial charge on any atom is -0.482 e. The van der Waals surface area contributed by atoms with Crippen LogP contribution in [0.1, 0.15) is 21.8 Å². The standard InChI is InChI=1S/C18H14N2O5/c21-16-9-25-15-7-10(5-6-13(15)19-16)17(22)20-8-12(18(23)24)11-3-1-2-4-14(11)20/h1-7,12H,8-9H2,(H,19,21)(H,23,24)/t12-/m0/s1. The van der Waals surface area contributed by atoms with Crippen molar-refractivity contribution in [3.63, 3.8) is 0 Å². The van der Waals surface area contributed by atoms with Crippen LogP contribution < -0.4 is 15.0 Å². The molecule has 2 aromatic rings. The van der Waals surface area contributed by atoms with Gasteiger partial charge in [-0.1, -0.05) is 18.2 Å². The highest BCUT2D eigenvalue weighted by atomic mass is 16.5. The van der Waals surface area contributed by atoms with Gasteiger partial charge in [0.05, 0.1) is 5.69 Å². The van der Waals surface area contributed by atoms with E-state index in [1.807, 2.05) is 0 Å². The minimum absolute atomic E-state index is 0.0855. The number of carboxylic acids is 1. The molecule has 0 saturated carbocycles. The molecular weight excluding hydrogens is 324 g/mol. The van der Waals surface area contributed by atoms with E-state index < -0.39 is 11.9 Å². The van der Waals surface area contributed by atoms with Crippen molar-refractivity contribution in [2.24, 2.45) is 0 Å². The predicted molar refractivity (Wildman–Crippen MR) is 89.1 cm³/mol. The van der Waals surface area contributed by atoms with Crippen LogP contribution in [-0.2, 0) is 9.59 Å². The van der Waals surface area contributed by atoms with E-state index in [1.54, 1.807) is 42.5 Å². The van der Waals surface area contributed by atoms with Gasteiger partial charge in [-0.3, -0.25) is 14.4 Å². The molecule has 0 aromatic heterocycles. The van der Waals surface area contributed by atoms with Crippen LogP contribution in [0.5, 0.6) is 5.75 Å². The van der Waals surface area contributed by atoms with Crippen LogP contribution >= 0.6 is 0 Å². The molecule has 2 aliphatic heterocycles. The number of hydrogen-bond acceptors (Lipinski definition) is 4. The number of carbonyl (C=O) groups is 3. The molecule has 25 heavy (non-hydrogen) atoms. The van der Waals surface area contributed by atoms with Gasteiger partial charge in [0.2, 0.25) is 0 Å². The lowest BCUT2D eigenvalue weighted by Crippen LogP contribution is -2.31. The van der Waals surface area contributed by atoms with Gasteiger partial charge >= 0.3 is 5.97 Å². The zero-order valence-electron chi connectivity index (χ0n) is 13.1. The summed E-state index contributed by atoms with van der Waals surface area (Å²) in [6, 6.07) is 11.8. The zero-order valence-corrected chi connectivity index (χ0v) is 13.1. The van der Waals surface area contributed by atoms with E-state index in [-0.39, 0.29) is 25.0 Å². The van der Waals surface area contributed by atoms with Gasteiger partial charge in [-0.15, -0.1) is 0 Å². The fourth-order valence-corrected chi connectivity index (χ4v) is 3.17. The van der Waals surface area contributed by atoms with E-state index >= 15 is 0 Å². The van der Waals surface area contributed by atoms with Crippen LogP contribution in [0.3, 0.4) is 0 Å². The molecule has 2 amide bonds. The van der Waals surface area contributed by atoms with Gasteiger partial charge in [0.25, 0.3) is 11.8 Å². The largest absolute Gasteiger partial charge is 0.482 e. The fourth-order valence-electron chi connectivity index (χ4n) is 3.17. The molecule has 2 heterocycles. The summed E-state index contributed by atoms with van der Waals surface area (Å²) in [5.41, 5.74) is 2.12. The lowest BCUT2D eigenvalue weighted by atomic mass is 10.0. The third-order valence-electron chi connectivity index (χ3n) is 4.37. The second kappa shape index (κ2) is 5.62. The Hall–Kier alpha value is -3.35. The zero-order chi connectivity index (χ0) is 17.6. The first-order valence-corrected chi connectivity index (χ1v) is 7.75. The first kappa shape index (κ1) is 15.2. The summed E-state index contributed by atoms with van der Waals surface area (Å²) in [6.45, 7) is -0.0134. The second-order valence-electron chi connectivity index (χ2n) is 5.91. The number of aliphatic carboxylic acids is 1. The minimum atomic E-state index is -0.959. The number of benzene rings is 2. The van der Waals surface area contributed by atoms with Gasteiger partial charge in [0.1, 0.15) is 11.7 Å². The highest BCUT2D eigenvalue weighted by molar-refractivity contribution is 6.09. The molecule has 0 fully saturated rings. The maximum Gasteiger partial charge on any atom is 0.312 e. The monoisotopic (exact) mass is 338 g/mol. The van der Waals surface area contributed by atoms with Gasteiger partial charge in [-0.2, -0.15) is 0 Å².